The second-order valence-electron chi connectivity index (χ2n) is 14.2. The minimum atomic E-state index is -0.0948. The topological polar surface area (TPSA) is 186 Å². The van der Waals surface area contributed by atoms with Crippen molar-refractivity contribution in [2.24, 2.45) is 0 Å². The fourth-order valence-corrected chi connectivity index (χ4v) is 7.64. The largest absolute Gasteiger partial charge is 0.493 e. The van der Waals surface area contributed by atoms with Crippen LogP contribution in [0, 0.1) is 27.7 Å². The zero-order chi connectivity index (χ0) is 44.1. The fourth-order valence-electron chi connectivity index (χ4n) is 6.92. The van der Waals surface area contributed by atoms with E-state index in [0.29, 0.717) is 91.6 Å². The lowest BCUT2D eigenvalue weighted by Gasteiger charge is -2.15. The van der Waals surface area contributed by atoms with E-state index in [4.69, 9.17) is 55.0 Å². The molecule has 6 heterocycles. The number of fused-ring (bicyclic) bond motifs is 2. The lowest BCUT2D eigenvalue weighted by Crippen LogP contribution is -2.18. The number of hydrogen-bond acceptors (Lipinski definition) is 13. The normalized spacial score (nSPS) is 12.5. The van der Waals surface area contributed by atoms with Gasteiger partial charge in [-0.25, -0.2) is 24.9 Å². The maximum atomic E-state index is 12.8. The van der Waals surface area contributed by atoms with E-state index in [9.17, 15) is 9.59 Å². The average Bonchev–Trinajstić information content (AvgIpc) is 3.63. The van der Waals surface area contributed by atoms with Crippen LogP contribution in [0.15, 0.2) is 60.7 Å². The van der Waals surface area contributed by atoms with Crippen LogP contribution in [-0.2, 0) is 19.5 Å². The first kappa shape index (κ1) is 44.3. The summed E-state index contributed by atoms with van der Waals surface area (Å²) in [5.41, 5.74) is 14.0. The summed E-state index contributed by atoms with van der Waals surface area (Å²) in [6.07, 6.45) is 0.538. The number of amides is 2. The van der Waals surface area contributed by atoms with Gasteiger partial charge in [0.2, 0.25) is 0 Å². The monoisotopic (exact) mass is 883 g/mol. The predicted molar refractivity (Wildman–Crippen MR) is 238 cm³/mol. The molecule has 6 aromatic rings. The molecule has 0 saturated heterocycles. The summed E-state index contributed by atoms with van der Waals surface area (Å²) in [5.74, 6) is 2.86. The van der Waals surface area contributed by atoms with Crippen molar-refractivity contribution in [2.75, 3.05) is 44.7 Å². The van der Waals surface area contributed by atoms with Crippen LogP contribution in [0.3, 0.4) is 0 Å². The lowest BCUT2D eigenvalue weighted by molar-refractivity contribution is 0.0809. The predicted octanol–water partition coefficient (Wildman–Crippen LogP) is 8.47. The number of hydrogen-bond donors (Lipinski definition) is 3. The summed E-state index contributed by atoms with van der Waals surface area (Å²) in [4.78, 5) is 54.1. The van der Waals surface area contributed by atoms with Crippen molar-refractivity contribution < 1.29 is 19.1 Å². The standard InChI is InChI=1S/C22H22ClN5O2.C15H13Cl2N3O2.C6H9N3/c1-12-8-14(25-13(2)24-12)9-15-10-18(20-19(26-15)11-28(3)22(20)29)27-17-7-5-6-16(23)21(17)30-4;1-20-7-11-13(15(20)21)10(6-12(17)19-11)18-9-5-3-4-8(16)14(9)22-2;1-4-3-6(7)9-5(2)8-4/h5-8,10H,9,11H2,1-4H3,(H,26,27);3-6H,7H2,1-2H3,(H,18,19);3H,1-2H3,(H2,7,8,9). The Kier molecular flexibility index (Phi) is 13.8. The zero-order valence-electron chi connectivity index (χ0n) is 34.8. The van der Waals surface area contributed by atoms with Crippen LogP contribution in [0.5, 0.6) is 11.5 Å². The van der Waals surface area contributed by atoms with Crippen molar-refractivity contribution in [3.8, 4) is 11.5 Å². The summed E-state index contributed by atoms with van der Waals surface area (Å²) in [6.45, 7) is 8.44. The van der Waals surface area contributed by atoms with E-state index < -0.39 is 0 Å². The molecule has 0 radical (unpaired) electrons. The minimum absolute atomic E-state index is 0.0683. The van der Waals surface area contributed by atoms with E-state index in [1.165, 1.54) is 7.11 Å². The number of nitrogens with one attached hydrogen (secondary N) is 2. The number of nitrogens with two attached hydrogens (primary N) is 1. The smallest absolute Gasteiger partial charge is 0.257 e. The minimum Gasteiger partial charge on any atom is -0.493 e. The van der Waals surface area contributed by atoms with Gasteiger partial charge in [-0.15, -0.1) is 0 Å². The second kappa shape index (κ2) is 19.0. The number of aryl methyl sites for hydroxylation is 4. The highest BCUT2D eigenvalue weighted by Crippen LogP contribution is 2.39. The molecule has 4 aromatic heterocycles. The molecule has 8 rings (SSSR count). The Morgan fingerprint density at radius 2 is 1.10 bits per heavy atom. The third-order valence-corrected chi connectivity index (χ3v) is 10.1. The Hall–Kier alpha value is -6.29. The molecular formula is C43H44Cl3N11O4. The first-order chi connectivity index (χ1) is 29.0. The van der Waals surface area contributed by atoms with Crippen molar-refractivity contribution in [3.63, 3.8) is 0 Å². The van der Waals surface area contributed by atoms with Crippen LogP contribution in [0.4, 0.5) is 28.6 Å². The highest BCUT2D eigenvalue weighted by Gasteiger charge is 2.31. The maximum absolute atomic E-state index is 12.8. The van der Waals surface area contributed by atoms with Gasteiger partial charge in [-0.2, -0.15) is 0 Å². The molecule has 4 N–H and O–H groups in total. The summed E-state index contributed by atoms with van der Waals surface area (Å²) in [5, 5.41) is 7.80. The van der Waals surface area contributed by atoms with E-state index >= 15 is 0 Å². The van der Waals surface area contributed by atoms with Gasteiger partial charge in [0.15, 0.2) is 11.5 Å². The second-order valence-corrected chi connectivity index (χ2v) is 15.4. The first-order valence-corrected chi connectivity index (χ1v) is 20.0. The van der Waals surface area contributed by atoms with Gasteiger partial charge in [0.1, 0.15) is 22.6 Å². The number of para-hydroxylation sites is 2. The molecule has 2 aliphatic rings. The van der Waals surface area contributed by atoms with Crippen molar-refractivity contribution in [1.82, 2.24) is 39.7 Å². The number of aromatic nitrogens is 6. The number of carbonyl (C=O) groups is 2. The molecule has 2 aliphatic heterocycles. The molecule has 61 heavy (non-hydrogen) atoms. The lowest BCUT2D eigenvalue weighted by atomic mass is 10.1. The summed E-state index contributed by atoms with van der Waals surface area (Å²) >= 11 is 18.4. The van der Waals surface area contributed by atoms with Gasteiger partial charge in [0, 0.05) is 43.7 Å². The van der Waals surface area contributed by atoms with E-state index in [0.717, 1.165) is 40.1 Å². The van der Waals surface area contributed by atoms with Crippen molar-refractivity contribution >= 4 is 75.2 Å². The number of rotatable bonds is 8. The van der Waals surface area contributed by atoms with Crippen molar-refractivity contribution in [3.05, 3.63) is 133 Å². The zero-order valence-corrected chi connectivity index (χ0v) is 37.1. The third-order valence-electron chi connectivity index (χ3n) is 9.35. The van der Waals surface area contributed by atoms with Gasteiger partial charge in [0.25, 0.3) is 11.8 Å². The van der Waals surface area contributed by atoms with Gasteiger partial charge in [0.05, 0.1) is 88.3 Å². The Balaban J connectivity index is 0.000000175. The molecule has 0 unspecified atom stereocenters. The van der Waals surface area contributed by atoms with E-state index in [1.54, 1.807) is 61.3 Å². The molecule has 0 saturated carbocycles. The third kappa shape index (κ3) is 10.4. The van der Waals surface area contributed by atoms with Gasteiger partial charge >= 0.3 is 0 Å². The summed E-state index contributed by atoms with van der Waals surface area (Å²) in [6, 6.07) is 18.0. The van der Waals surface area contributed by atoms with Gasteiger partial charge in [-0.1, -0.05) is 46.9 Å². The quantitative estimate of drug-likeness (QED) is 0.124. The van der Waals surface area contributed by atoms with E-state index in [-0.39, 0.29) is 11.8 Å². The first-order valence-electron chi connectivity index (χ1n) is 18.9. The number of anilines is 5. The number of halogens is 3. The van der Waals surface area contributed by atoms with E-state index in [2.05, 4.69) is 35.6 Å². The molecule has 2 aromatic carbocycles. The highest BCUT2D eigenvalue weighted by atomic mass is 35.5. The molecule has 2 amide bonds. The molecule has 18 heteroatoms. The number of pyridine rings is 2. The molecular weight excluding hydrogens is 841 g/mol. The summed E-state index contributed by atoms with van der Waals surface area (Å²) in [7, 11) is 6.59. The molecule has 0 aliphatic carbocycles. The van der Waals surface area contributed by atoms with Crippen LogP contribution in [0.2, 0.25) is 15.2 Å². The van der Waals surface area contributed by atoms with Crippen molar-refractivity contribution in [2.45, 2.75) is 47.2 Å². The SMILES string of the molecule is COc1c(Cl)cccc1Nc1cc(Cc2cc(C)nc(C)n2)nc2c1C(=O)N(C)C2.COc1c(Cl)cccc1Nc1cc(Cl)nc2c1C(=O)N(C)C2.Cc1cc(N)nc(C)n1. The molecule has 15 nitrogen and oxygen atoms in total. The van der Waals surface area contributed by atoms with Gasteiger partial charge in [-0.05, 0) is 70.2 Å². The van der Waals surface area contributed by atoms with Crippen LogP contribution in [-0.4, -0.2) is 79.8 Å². The molecule has 0 atom stereocenters. The fraction of sp³-hybridized carbons (Fsp3) is 0.256. The Morgan fingerprint density at radius 1 is 0.623 bits per heavy atom. The molecule has 0 bridgehead atoms. The molecule has 316 valence electrons. The number of methoxy groups -OCH3 is 2. The molecule has 0 spiro atoms. The average molecular weight is 885 g/mol. The van der Waals surface area contributed by atoms with E-state index in [1.807, 2.05) is 58.0 Å². The number of ether oxygens (including phenoxy) is 2. The van der Waals surface area contributed by atoms with Crippen LogP contribution in [0.1, 0.15) is 66.5 Å². The van der Waals surface area contributed by atoms with Crippen LogP contribution >= 0.6 is 34.8 Å². The Morgan fingerprint density at radius 3 is 1.59 bits per heavy atom. The van der Waals surface area contributed by atoms with Crippen molar-refractivity contribution in [1.29, 1.82) is 0 Å². The van der Waals surface area contributed by atoms with Gasteiger partial charge < -0.3 is 35.6 Å². The van der Waals surface area contributed by atoms with Crippen LogP contribution in [0.25, 0.3) is 0 Å². The Labute approximate surface area is 368 Å². The molecule has 0 fully saturated rings. The highest BCUT2D eigenvalue weighted by molar-refractivity contribution is 6.33. The number of carbonyl (C=O) groups excluding carboxylic acids is 2. The van der Waals surface area contributed by atoms with Crippen LogP contribution < -0.4 is 25.8 Å². The summed E-state index contributed by atoms with van der Waals surface area (Å²) < 4.78 is 10.8. The number of benzene rings is 2. The maximum Gasteiger partial charge on any atom is 0.257 e. The Bertz CT molecular complexity index is 2580. The van der Waals surface area contributed by atoms with Gasteiger partial charge in [-0.3, -0.25) is 14.6 Å². The number of nitrogens with zero attached hydrogens (tertiary/aromatic N) is 8. The number of nitrogen functional groups attached to an aromatic ring is 1.